The summed E-state index contributed by atoms with van der Waals surface area (Å²) in [4.78, 5) is 30.6. The first kappa shape index (κ1) is 15.8. The van der Waals surface area contributed by atoms with Crippen LogP contribution in [0.3, 0.4) is 0 Å². The lowest BCUT2D eigenvalue weighted by Crippen LogP contribution is -2.47. The summed E-state index contributed by atoms with van der Waals surface area (Å²) in [7, 11) is 0. The van der Waals surface area contributed by atoms with Crippen LogP contribution < -0.4 is 11.1 Å². The van der Waals surface area contributed by atoms with E-state index in [9.17, 15) is 9.59 Å². The summed E-state index contributed by atoms with van der Waals surface area (Å²) in [5.41, 5.74) is 6.34. The molecule has 2 rings (SSSR count). The summed E-state index contributed by atoms with van der Waals surface area (Å²) in [5, 5.41) is 3.99. The van der Waals surface area contributed by atoms with Gasteiger partial charge < -0.3 is 16.0 Å². The first-order valence-electron chi connectivity index (χ1n) is 7.28. The van der Waals surface area contributed by atoms with E-state index in [0.29, 0.717) is 19.6 Å². The molecule has 2 heterocycles. The molecule has 1 saturated heterocycles. The number of primary amides is 1. The Morgan fingerprint density at radius 3 is 2.95 bits per heavy atom. The van der Waals surface area contributed by atoms with Crippen LogP contribution in [-0.4, -0.2) is 34.9 Å². The van der Waals surface area contributed by atoms with E-state index in [0.717, 1.165) is 34.8 Å². The number of nitrogens with one attached hydrogen (secondary N) is 1. The molecule has 1 aliphatic rings. The zero-order valence-corrected chi connectivity index (χ0v) is 13.3. The van der Waals surface area contributed by atoms with Gasteiger partial charge in [0.1, 0.15) is 0 Å². The number of hydrogen-bond donors (Lipinski definition) is 2. The molecule has 0 saturated carbocycles. The molecule has 0 aromatic carbocycles. The van der Waals surface area contributed by atoms with Gasteiger partial charge in [0.25, 0.3) is 0 Å². The molecule has 1 atom stereocenters. The van der Waals surface area contributed by atoms with Gasteiger partial charge in [-0.2, -0.15) is 0 Å². The zero-order valence-electron chi connectivity index (χ0n) is 12.5. The molecule has 6 nitrogen and oxygen atoms in total. The van der Waals surface area contributed by atoms with Crippen molar-refractivity contribution in [2.45, 2.75) is 39.7 Å². The molecule has 3 N–H and O–H groups in total. The van der Waals surface area contributed by atoms with Crippen LogP contribution in [0.25, 0.3) is 0 Å². The Hall–Kier alpha value is -1.63. The maximum absolute atomic E-state index is 12.2. The highest BCUT2D eigenvalue weighted by Crippen LogP contribution is 2.20. The first-order chi connectivity index (χ1) is 10.0. The standard InChI is InChI=1S/C14H22N4O2S/c1-3-11-12(21-9(2)17-11)7-16-13(19)10-5-4-6-18(8-10)14(15)20/h10H,3-8H2,1-2H3,(H2,15,20)(H,16,19). The van der Waals surface area contributed by atoms with Crippen molar-refractivity contribution in [3.8, 4) is 0 Å². The summed E-state index contributed by atoms with van der Waals surface area (Å²) in [6, 6.07) is -0.446. The lowest BCUT2D eigenvalue weighted by Gasteiger charge is -2.30. The smallest absolute Gasteiger partial charge is 0.314 e. The minimum atomic E-state index is -0.446. The van der Waals surface area contributed by atoms with Crippen LogP contribution in [-0.2, 0) is 17.8 Å². The van der Waals surface area contributed by atoms with Gasteiger partial charge in [0.2, 0.25) is 5.91 Å². The number of rotatable bonds is 4. The van der Waals surface area contributed by atoms with Crippen LogP contribution in [0.1, 0.15) is 35.3 Å². The molecular formula is C14H22N4O2S. The van der Waals surface area contributed by atoms with Crippen molar-refractivity contribution in [2.75, 3.05) is 13.1 Å². The van der Waals surface area contributed by atoms with Crippen molar-refractivity contribution in [1.29, 1.82) is 0 Å². The van der Waals surface area contributed by atoms with E-state index in [2.05, 4.69) is 17.2 Å². The van der Waals surface area contributed by atoms with Gasteiger partial charge in [0.05, 0.1) is 23.2 Å². The van der Waals surface area contributed by atoms with Crippen molar-refractivity contribution in [2.24, 2.45) is 11.7 Å². The maximum Gasteiger partial charge on any atom is 0.314 e. The quantitative estimate of drug-likeness (QED) is 0.881. The minimum Gasteiger partial charge on any atom is -0.351 e. The van der Waals surface area contributed by atoms with Crippen molar-refractivity contribution in [3.05, 3.63) is 15.6 Å². The van der Waals surface area contributed by atoms with Gasteiger partial charge in [0, 0.05) is 18.0 Å². The van der Waals surface area contributed by atoms with Crippen LogP contribution in [0.5, 0.6) is 0 Å². The number of carbonyl (C=O) groups is 2. The molecule has 1 aliphatic heterocycles. The number of carbonyl (C=O) groups excluding carboxylic acids is 2. The van der Waals surface area contributed by atoms with Gasteiger partial charge in [-0.25, -0.2) is 9.78 Å². The molecule has 0 bridgehead atoms. The Morgan fingerprint density at radius 2 is 2.29 bits per heavy atom. The van der Waals surface area contributed by atoms with Crippen molar-refractivity contribution >= 4 is 23.3 Å². The van der Waals surface area contributed by atoms with Gasteiger partial charge in [-0.3, -0.25) is 4.79 Å². The Morgan fingerprint density at radius 1 is 1.52 bits per heavy atom. The van der Waals surface area contributed by atoms with Crippen molar-refractivity contribution in [3.63, 3.8) is 0 Å². The fraction of sp³-hybridized carbons (Fsp3) is 0.643. The lowest BCUT2D eigenvalue weighted by molar-refractivity contribution is -0.126. The number of nitrogens with two attached hydrogens (primary N) is 1. The summed E-state index contributed by atoms with van der Waals surface area (Å²) in [6.07, 6.45) is 2.49. The predicted octanol–water partition coefficient (Wildman–Crippen LogP) is 1.42. The highest BCUT2D eigenvalue weighted by atomic mass is 32.1. The predicted molar refractivity (Wildman–Crippen MR) is 82.0 cm³/mol. The van der Waals surface area contributed by atoms with Crippen LogP contribution in [0, 0.1) is 12.8 Å². The maximum atomic E-state index is 12.2. The van der Waals surface area contributed by atoms with Gasteiger partial charge in [-0.05, 0) is 26.2 Å². The second-order valence-electron chi connectivity index (χ2n) is 5.30. The Balaban J connectivity index is 1.90. The number of nitrogens with zero attached hydrogens (tertiary/aromatic N) is 2. The van der Waals surface area contributed by atoms with Crippen molar-refractivity contribution in [1.82, 2.24) is 15.2 Å². The molecule has 0 aliphatic carbocycles. The summed E-state index contributed by atoms with van der Waals surface area (Å²) in [6.45, 7) is 5.62. The number of likely N-dealkylation sites (tertiary alicyclic amines) is 1. The van der Waals surface area contributed by atoms with E-state index in [4.69, 9.17) is 5.73 Å². The highest BCUT2D eigenvalue weighted by Gasteiger charge is 2.27. The number of urea groups is 1. The average Bonchev–Trinajstić information content (AvgIpc) is 2.85. The largest absolute Gasteiger partial charge is 0.351 e. The van der Waals surface area contributed by atoms with E-state index in [1.165, 1.54) is 0 Å². The van der Waals surface area contributed by atoms with E-state index in [-0.39, 0.29) is 11.8 Å². The summed E-state index contributed by atoms with van der Waals surface area (Å²) in [5.74, 6) is -0.167. The van der Waals surface area contributed by atoms with E-state index in [1.807, 2.05) is 6.92 Å². The molecule has 21 heavy (non-hydrogen) atoms. The van der Waals surface area contributed by atoms with Gasteiger partial charge in [-0.15, -0.1) is 11.3 Å². The molecule has 1 unspecified atom stereocenters. The molecule has 1 fully saturated rings. The van der Waals surface area contributed by atoms with Crippen LogP contribution in [0.4, 0.5) is 4.79 Å². The fourth-order valence-electron chi connectivity index (χ4n) is 2.63. The van der Waals surface area contributed by atoms with E-state index >= 15 is 0 Å². The number of hydrogen-bond acceptors (Lipinski definition) is 4. The SMILES string of the molecule is CCc1nc(C)sc1CNC(=O)C1CCCN(C(N)=O)C1. The number of amides is 3. The van der Waals surface area contributed by atoms with E-state index < -0.39 is 6.03 Å². The van der Waals surface area contributed by atoms with E-state index in [1.54, 1.807) is 16.2 Å². The van der Waals surface area contributed by atoms with Gasteiger partial charge >= 0.3 is 6.03 Å². The molecule has 7 heteroatoms. The molecule has 0 radical (unpaired) electrons. The lowest BCUT2D eigenvalue weighted by atomic mass is 9.97. The second kappa shape index (κ2) is 6.89. The molecule has 1 aromatic heterocycles. The third-order valence-electron chi connectivity index (χ3n) is 3.75. The van der Waals surface area contributed by atoms with Crippen LogP contribution in [0.15, 0.2) is 0 Å². The normalized spacial score (nSPS) is 18.6. The van der Waals surface area contributed by atoms with Crippen LogP contribution in [0.2, 0.25) is 0 Å². The Bertz CT molecular complexity index is 529. The zero-order chi connectivity index (χ0) is 15.4. The van der Waals surface area contributed by atoms with Crippen molar-refractivity contribution < 1.29 is 9.59 Å². The number of thiazole rings is 1. The Labute approximate surface area is 128 Å². The third-order valence-corrected chi connectivity index (χ3v) is 4.76. The van der Waals surface area contributed by atoms with Crippen LogP contribution >= 0.6 is 11.3 Å². The van der Waals surface area contributed by atoms with Gasteiger partial charge in [-0.1, -0.05) is 6.92 Å². The molecule has 116 valence electrons. The molecule has 0 spiro atoms. The molecule has 1 aromatic rings. The van der Waals surface area contributed by atoms with Gasteiger partial charge in [0.15, 0.2) is 0 Å². The fourth-order valence-corrected chi connectivity index (χ4v) is 3.59. The average molecular weight is 310 g/mol. The topological polar surface area (TPSA) is 88.3 Å². The third kappa shape index (κ3) is 3.93. The monoisotopic (exact) mass is 310 g/mol. The molecule has 3 amide bonds. The second-order valence-corrected chi connectivity index (χ2v) is 6.59. The minimum absolute atomic E-state index is 0.00550. The number of aromatic nitrogens is 1. The summed E-state index contributed by atoms with van der Waals surface area (Å²) >= 11 is 1.62. The highest BCUT2D eigenvalue weighted by molar-refractivity contribution is 7.11. The number of piperidine rings is 1. The summed E-state index contributed by atoms with van der Waals surface area (Å²) < 4.78 is 0. The number of aryl methyl sites for hydroxylation is 2. The first-order valence-corrected chi connectivity index (χ1v) is 8.10. The molecular weight excluding hydrogens is 288 g/mol. The Kier molecular flexibility index (Phi) is 5.17.